The van der Waals surface area contributed by atoms with Crippen LogP contribution in [0.25, 0.3) is 10.9 Å². The van der Waals surface area contributed by atoms with E-state index >= 15 is 0 Å². The first-order chi connectivity index (χ1) is 11.8. The van der Waals surface area contributed by atoms with Crippen LogP contribution in [-0.4, -0.2) is 30.8 Å². The van der Waals surface area contributed by atoms with Crippen LogP contribution in [0.2, 0.25) is 0 Å². The predicted octanol–water partition coefficient (Wildman–Crippen LogP) is 2.74. The third-order valence-corrected chi connectivity index (χ3v) is 3.56. The van der Waals surface area contributed by atoms with E-state index in [2.05, 4.69) is 20.8 Å². The van der Waals surface area contributed by atoms with E-state index in [-0.39, 0.29) is 12.5 Å². The number of methoxy groups -OCH3 is 1. The number of aromatic amines is 1. The maximum absolute atomic E-state index is 11.9. The zero-order chi connectivity index (χ0) is 16.8. The summed E-state index contributed by atoms with van der Waals surface area (Å²) in [6.07, 6.45) is 3.48. The van der Waals surface area contributed by atoms with Gasteiger partial charge >= 0.3 is 0 Å². The summed E-state index contributed by atoms with van der Waals surface area (Å²) in [5.74, 6) is 0.449. The fraction of sp³-hybridized carbons (Fsp3) is 0.111. The number of nitrogens with one attached hydrogen (secondary N) is 3. The van der Waals surface area contributed by atoms with Gasteiger partial charge in [-0.15, -0.1) is 0 Å². The fourth-order valence-electron chi connectivity index (χ4n) is 2.38. The number of fused-ring (bicyclic) bond motifs is 1. The molecule has 0 bridgehead atoms. The van der Waals surface area contributed by atoms with Gasteiger partial charge in [-0.05, 0) is 18.2 Å². The van der Waals surface area contributed by atoms with Crippen LogP contribution in [0.3, 0.4) is 0 Å². The Labute approximate surface area is 139 Å². The molecule has 0 unspecified atom stereocenters. The average molecular weight is 322 g/mol. The van der Waals surface area contributed by atoms with Crippen LogP contribution in [0.4, 0.5) is 5.69 Å². The smallest absolute Gasteiger partial charge is 0.259 e. The summed E-state index contributed by atoms with van der Waals surface area (Å²) < 4.78 is 5.22. The lowest BCUT2D eigenvalue weighted by Crippen LogP contribution is -2.26. The summed E-state index contributed by atoms with van der Waals surface area (Å²) in [5.41, 5.74) is 5.22. The van der Waals surface area contributed by atoms with Crippen molar-refractivity contribution in [2.75, 3.05) is 19.0 Å². The number of carbonyl (C=O) groups excluding carboxylic acids is 1. The van der Waals surface area contributed by atoms with E-state index in [1.807, 2.05) is 54.7 Å². The Morgan fingerprint density at radius 2 is 2.00 bits per heavy atom. The van der Waals surface area contributed by atoms with Crippen LogP contribution in [0.1, 0.15) is 5.56 Å². The normalized spacial score (nSPS) is 10.9. The molecule has 0 fully saturated rings. The van der Waals surface area contributed by atoms with Gasteiger partial charge in [-0.2, -0.15) is 5.10 Å². The predicted molar refractivity (Wildman–Crippen MR) is 95.5 cm³/mol. The molecule has 1 aromatic heterocycles. The molecular weight excluding hydrogens is 304 g/mol. The van der Waals surface area contributed by atoms with Gasteiger partial charge in [-0.25, -0.2) is 5.43 Å². The summed E-state index contributed by atoms with van der Waals surface area (Å²) >= 11 is 0. The quantitative estimate of drug-likeness (QED) is 0.482. The summed E-state index contributed by atoms with van der Waals surface area (Å²) in [4.78, 5) is 15.0. The SMILES string of the molecule is COc1ccccc1NCC(=O)N/N=C\c1c[nH]c2ccccc12. The highest BCUT2D eigenvalue weighted by Crippen LogP contribution is 2.22. The van der Waals surface area contributed by atoms with Crippen LogP contribution in [-0.2, 0) is 4.79 Å². The molecule has 0 aliphatic heterocycles. The second-order valence-corrected chi connectivity index (χ2v) is 5.14. The number of rotatable bonds is 6. The zero-order valence-electron chi connectivity index (χ0n) is 13.2. The zero-order valence-corrected chi connectivity index (χ0v) is 13.2. The van der Waals surface area contributed by atoms with E-state index in [0.29, 0.717) is 5.75 Å². The molecule has 122 valence electrons. The van der Waals surface area contributed by atoms with Crippen molar-refractivity contribution in [2.24, 2.45) is 5.10 Å². The molecule has 1 heterocycles. The van der Waals surface area contributed by atoms with E-state index in [0.717, 1.165) is 22.2 Å². The van der Waals surface area contributed by atoms with Gasteiger partial charge in [0.1, 0.15) is 5.75 Å². The van der Waals surface area contributed by atoms with Gasteiger partial charge in [0.25, 0.3) is 5.91 Å². The molecule has 6 nitrogen and oxygen atoms in total. The van der Waals surface area contributed by atoms with Crippen molar-refractivity contribution >= 4 is 28.7 Å². The number of benzene rings is 2. The molecule has 1 amide bonds. The molecule has 0 radical (unpaired) electrons. The molecule has 0 saturated heterocycles. The van der Waals surface area contributed by atoms with Crippen LogP contribution in [0, 0.1) is 0 Å². The summed E-state index contributed by atoms with van der Waals surface area (Å²) in [7, 11) is 1.59. The third-order valence-electron chi connectivity index (χ3n) is 3.56. The van der Waals surface area contributed by atoms with Crippen molar-refractivity contribution in [3.63, 3.8) is 0 Å². The van der Waals surface area contributed by atoms with Gasteiger partial charge < -0.3 is 15.0 Å². The second-order valence-electron chi connectivity index (χ2n) is 5.14. The van der Waals surface area contributed by atoms with Crippen LogP contribution < -0.4 is 15.5 Å². The molecule has 24 heavy (non-hydrogen) atoms. The molecule has 0 aliphatic carbocycles. The highest BCUT2D eigenvalue weighted by molar-refractivity contribution is 5.99. The van der Waals surface area contributed by atoms with E-state index in [4.69, 9.17) is 4.74 Å². The minimum absolute atomic E-state index is 0.103. The van der Waals surface area contributed by atoms with Crippen LogP contribution >= 0.6 is 0 Å². The number of para-hydroxylation sites is 3. The largest absolute Gasteiger partial charge is 0.495 e. The van der Waals surface area contributed by atoms with Gasteiger partial charge in [0.05, 0.1) is 25.6 Å². The number of anilines is 1. The molecule has 0 saturated carbocycles. The van der Waals surface area contributed by atoms with Crippen molar-refractivity contribution in [1.29, 1.82) is 0 Å². The standard InChI is InChI=1S/C18H18N4O2/c1-24-17-9-5-4-8-16(17)20-12-18(23)22-21-11-13-10-19-15-7-3-2-6-14(13)15/h2-11,19-20H,12H2,1H3,(H,22,23)/b21-11-. The maximum Gasteiger partial charge on any atom is 0.259 e. The van der Waals surface area contributed by atoms with E-state index in [1.165, 1.54) is 0 Å². The topological polar surface area (TPSA) is 78.5 Å². The number of amides is 1. The molecular formula is C18H18N4O2. The van der Waals surface area contributed by atoms with Gasteiger partial charge in [0.15, 0.2) is 0 Å². The first kappa shape index (κ1) is 15.6. The van der Waals surface area contributed by atoms with Crippen molar-refractivity contribution in [3.05, 3.63) is 60.3 Å². The number of aromatic nitrogens is 1. The van der Waals surface area contributed by atoms with E-state index in [1.54, 1.807) is 13.3 Å². The van der Waals surface area contributed by atoms with Crippen molar-refractivity contribution in [1.82, 2.24) is 10.4 Å². The van der Waals surface area contributed by atoms with Gasteiger partial charge in [0.2, 0.25) is 0 Å². The lowest BCUT2D eigenvalue weighted by Gasteiger charge is -2.09. The Hall–Kier alpha value is -3.28. The van der Waals surface area contributed by atoms with Gasteiger partial charge in [0, 0.05) is 22.7 Å². The first-order valence-corrected chi connectivity index (χ1v) is 7.53. The molecule has 3 N–H and O–H groups in total. The number of nitrogens with zero attached hydrogens (tertiary/aromatic N) is 1. The van der Waals surface area contributed by atoms with Crippen LogP contribution in [0.15, 0.2) is 59.8 Å². The molecule has 0 spiro atoms. The fourth-order valence-corrected chi connectivity index (χ4v) is 2.38. The Kier molecular flexibility index (Phi) is 4.76. The third kappa shape index (κ3) is 3.55. The lowest BCUT2D eigenvalue weighted by molar-refractivity contribution is -0.119. The highest BCUT2D eigenvalue weighted by atomic mass is 16.5. The Bertz CT molecular complexity index is 870. The molecule has 3 aromatic rings. The summed E-state index contributed by atoms with van der Waals surface area (Å²) in [6.45, 7) is 0.103. The number of hydrazone groups is 1. The summed E-state index contributed by atoms with van der Waals surface area (Å²) in [5, 5.41) is 8.08. The number of ether oxygens (including phenoxy) is 1. The second kappa shape index (κ2) is 7.32. The Morgan fingerprint density at radius 1 is 1.21 bits per heavy atom. The van der Waals surface area contributed by atoms with Crippen LogP contribution in [0.5, 0.6) is 5.75 Å². The number of H-pyrrole nitrogens is 1. The van der Waals surface area contributed by atoms with Crippen molar-refractivity contribution < 1.29 is 9.53 Å². The van der Waals surface area contributed by atoms with E-state index in [9.17, 15) is 4.79 Å². The van der Waals surface area contributed by atoms with Crippen molar-refractivity contribution in [3.8, 4) is 5.75 Å². The molecule has 0 aliphatic rings. The molecule has 3 rings (SSSR count). The minimum Gasteiger partial charge on any atom is -0.495 e. The monoisotopic (exact) mass is 322 g/mol. The number of carbonyl (C=O) groups is 1. The number of hydrogen-bond acceptors (Lipinski definition) is 4. The number of hydrogen-bond donors (Lipinski definition) is 3. The molecule has 0 atom stereocenters. The lowest BCUT2D eigenvalue weighted by atomic mass is 10.2. The Morgan fingerprint density at radius 3 is 2.88 bits per heavy atom. The Balaban J connectivity index is 1.56. The first-order valence-electron chi connectivity index (χ1n) is 7.53. The van der Waals surface area contributed by atoms with E-state index < -0.39 is 0 Å². The van der Waals surface area contributed by atoms with Gasteiger partial charge in [-0.3, -0.25) is 4.79 Å². The average Bonchev–Trinajstić information content (AvgIpc) is 3.03. The molecule has 2 aromatic carbocycles. The van der Waals surface area contributed by atoms with Gasteiger partial charge in [-0.1, -0.05) is 30.3 Å². The van der Waals surface area contributed by atoms with Crippen molar-refractivity contribution in [2.45, 2.75) is 0 Å². The maximum atomic E-state index is 11.9. The molecule has 6 heteroatoms. The summed E-state index contributed by atoms with van der Waals surface area (Å²) in [6, 6.07) is 15.3. The highest BCUT2D eigenvalue weighted by Gasteiger charge is 2.04. The minimum atomic E-state index is -0.239.